The Morgan fingerprint density at radius 1 is 1.77 bits per heavy atom. The van der Waals surface area contributed by atoms with E-state index in [0.29, 0.717) is 4.77 Å². The molecule has 0 saturated carbocycles. The van der Waals surface area contributed by atoms with Crippen LogP contribution >= 0.6 is 12.2 Å². The highest BCUT2D eigenvalue weighted by Crippen LogP contribution is 2.26. The van der Waals surface area contributed by atoms with Crippen LogP contribution in [0.5, 0.6) is 0 Å². The van der Waals surface area contributed by atoms with Crippen LogP contribution in [-0.2, 0) is 10.3 Å². The van der Waals surface area contributed by atoms with Gasteiger partial charge in [-0.15, -0.1) is 0 Å². The number of rotatable bonds is 1. The second-order valence-electron chi connectivity index (χ2n) is 3.68. The van der Waals surface area contributed by atoms with E-state index in [1.807, 2.05) is 4.57 Å². The molecule has 0 aliphatic carbocycles. The zero-order chi connectivity index (χ0) is 9.31. The van der Waals surface area contributed by atoms with Crippen LogP contribution in [0.4, 0.5) is 0 Å². The van der Waals surface area contributed by atoms with Crippen molar-refractivity contribution in [3.63, 3.8) is 0 Å². The molecule has 1 unspecified atom stereocenters. The fourth-order valence-electron chi connectivity index (χ4n) is 1.74. The van der Waals surface area contributed by atoms with Gasteiger partial charge in [0.25, 0.3) is 0 Å². The molecule has 13 heavy (non-hydrogen) atoms. The Labute approximate surface area is 81.9 Å². The monoisotopic (exact) mass is 199 g/mol. The van der Waals surface area contributed by atoms with Crippen LogP contribution in [0.3, 0.4) is 0 Å². The Bertz CT molecular complexity index is 337. The van der Waals surface area contributed by atoms with Crippen LogP contribution in [0.2, 0.25) is 0 Å². The van der Waals surface area contributed by atoms with E-state index in [4.69, 9.17) is 17.0 Å². The lowest BCUT2D eigenvalue weighted by Crippen LogP contribution is -2.38. The largest absolute Gasteiger partial charge is 0.379 e. The van der Waals surface area contributed by atoms with Crippen molar-refractivity contribution in [1.82, 2.24) is 14.8 Å². The molecular formula is C8H13N3OS. The Morgan fingerprint density at radius 2 is 2.62 bits per heavy atom. The van der Waals surface area contributed by atoms with E-state index < -0.39 is 0 Å². The predicted molar refractivity (Wildman–Crippen MR) is 51.1 cm³/mol. The molecule has 0 bridgehead atoms. The molecule has 0 amide bonds. The fraction of sp³-hybridized carbons (Fsp3) is 0.750. The van der Waals surface area contributed by atoms with Crippen molar-refractivity contribution >= 4 is 12.2 Å². The summed E-state index contributed by atoms with van der Waals surface area (Å²) < 4.78 is 8.12. The van der Waals surface area contributed by atoms with Gasteiger partial charge in [0.15, 0.2) is 4.77 Å². The van der Waals surface area contributed by atoms with Gasteiger partial charge < -0.3 is 4.74 Å². The minimum Gasteiger partial charge on any atom is -0.379 e. The first-order valence-electron chi connectivity index (χ1n) is 4.43. The van der Waals surface area contributed by atoms with Crippen molar-refractivity contribution in [2.45, 2.75) is 25.3 Å². The van der Waals surface area contributed by atoms with Crippen molar-refractivity contribution in [3.8, 4) is 0 Å². The molecule has 0 radical (unpaired) electrons. The maximum absolute atomic E-state index is 5.46. The number of nitrogens with zero attached hydrogens (tertiary/aromatic N) is 2. The van der Waals surface area contributed by atoms with Gasteiger partial charge in [0.05, 0.1) is 12.1 Å². The average Bonchev–Trinajstić information content (AvgIpc) is 2.53. The molecule has 0 aromatic carbocycles. The summed E-state index contributed by atoms with van der Waals surface area (Å²) in [6.07, 6.45) is 3.93. The van der Waals surface area contributed by atoms with E-state index in [2.05, 4.69) is 17.1 Å². The second kappa shape index (κ2) is 3.23. The van der Waals surface area contributed by atoms with Crippen LogP contribution in [0, 0.1) is 4.77 Å². The molecule has 1 aliphatic heterocycles. The Morgan fingerprint density at radius 3 is 3.15 bits per heavy atom. The maximum atomic E-state index is 5.46. The third-order valence-corrected chi connectivity index (χ3v) is 2.84. The molecular weight excluding hydrogens is 186 g/mol. The molecule has 4 nitrogen and oxygen atoms in total. The van der Waals surface area contributed by atoms with E-state index in [1.165, 1.54) is 0 Å². The van der Waals surface area contributed by atoms with Crippen LogP contribution in [0.1, 0.15) is 19.8 Å². The maximum Gasteiger partial charge on any atom is 0.195 e. The van der Waals surface area contributed by atoms with Crippen LogP contribution in [0.15, 0.2) is 6.33 Å². The van der Waals surface area contributed by atoms with Crippen molar-refractivity contribution in [3.05, 3.63) is 11.1 Å². The van der Waals surface area contributed by atoms with Gasteiger partial charge in [0.1, 0.15) is 6.33 Å². The predicted octanol–water partition coefficient (Wildman–Crippen LogP) is 1.47. The van der Waals surface area contributed by atoms with Crippen LogP contribution < -0.4 is 0 Å². The van der Waals surface area contributed by atoms with Gasteiger partial charge in [0, 0.05) is 6.61 Å². The molecule has 1 atom stereocenters. The molecule has 1 aromatic heterocycles. The van der Waals surface area contributed by atoms with Gasteiger partial charge in [-0.25, -0.2) is 0 Å². The third-order valence-electron chi connectivity index (χ3n) is 2.55. The molecule has 72 valence electrons. The number of nitrogens with one attached hydrogen (secondary N) is 1. The molecule has 5 heteroatoms. The van der Waals surface area contributed by atoms with E-state index in [-0.39, 0.29) is 5.54 Å². The highest BCUT2D eigenvalue weighted by Gasteiger charge is 2.29. The number of aromatic nitrogens is 3. The fourth-order valence-corrected chi connectivity index (χ4v) is 2.06. The summed E-state index contributed by atoms with van der Waals surface area (Å²) in [4.78, 5) is 0. The summed E-state index contributed by atoms with van der Waals surface area (Å²) >= 11 is 5.13. The third kappa shape index (κ3) is 1.53. The standard InChI is InChI=1S/C8H13N3OS/c1-8(3-2-4-12-5-8)11-6-9-10-7(11)13/h6H,2-5H2,1H3,(H,10,13). The number of H-pyrrole nitrogens is 1. The van der Waals surface area contributed by atoms with Gasteiger partial charge in [-0.05, 0) is 32.0 Å². The molecule has 1 aromatic rings. The lowest BCUT2D eigenvalue weighted by atomic mass is 9.95. The van der Waals surface area contributed by atoms with Crippen LogP contribution in [-0.4, -0.2) is 28.0 Å². The lowest BCUT2D eigenvalue weighted by molar-refractivity contribution is 0.00869. The van der Waals surface area contributed by atoms with Crippen molar-refractivity contribution in [2.24, 2.45) is 0 Å². The number of hydrogen-bond donors (Lipinski definition) is 1. The normalized spacial score (nSPS) is 29.0. The Kier molecular flexibility index (Phi) is 2.21. The van der Waals surface area contributed by atoms with Gasteiger partial charge in [-0.3, -0.25) is 9.67 Å². The molecule has 0 spiro atoms. The Hall–Kier alpha value is -0.680. The molecule has 1 fully saturated rings. The quantitative estimate of drug-likeness (QED) is 0.696. The van der Waals surface area contributed by atoms with E-state index >= 15 is 0 Å². The second-order valence-corrected chi connectivity index (χ2v) is 4.07. The molecule has 1 N–H and O–H groups in total. The summed E-state index contributed by atoms with van der Waals surface area (Å²) in [6, 6.07) is 0. The Balaban J connectivity index is 2.33. The summed E-state index contributed by atoms with van der Waals surface area (Å²) in [5.74, 6) is 0. The zero-order valence-electron chi connectivity index (χ0n) is 7.62. The summed E-state index contributed by atoms with van der Waals surface area (Å²) in [5.41, 5.74) is -0.0116. The smallest absolute Gasteiger partial charge is 0.195 e. The van der Waals surface area contributed by atoms with Crippen molar-refractivity contribution < 1.29 is 4.74 Å². The van der Waals surface area contributed by atoms with Gasteiger partial charge in [0.2, 0.25) is 0 Å². The lowest BCUT2D eigenvalue weighted by Gasteiger charge is -2.34. The van der Waals surface area contributed by atoms with E-state index in [1.54, 1.807) is 6.33 Å². The molecule has 2 heterocycles. The SMILES string of the molecule is CC1(n2cn[nH]c2=S)CCCOC1. The molecule has 1 saturated heterocycles. The van der Waals surface area contributed by atoms with Gasteiger partial charge in [-0.1, -0.05) is 0 Å². The first kappa shape index (κ1) is 8.90. The molecule has 1 aliphatic rings. The van der Waals surface area contributed by atoms with Gasteiger partial charge in [-0.2, -0.15) is 5.10 Å². The van der Waals surface area contributed by atoms with Crippen molar-refractivity contribution in [2.75, 3.05) is 13.2 Å². The first-order chi connectivity index (χ1) is 6.22. The number of ether oxygens (including phenoxy) is 1. The van der Waals surface area contributed by atoms with Gasteiger partial charge >= 0.3 is 0 Å². The minimum atomic E-state index is -0.0116. The van der Waals surface area contributed by atoms with Crippen molar-refractivity contribution in [1.29, 1.82) is 0 Å². The summed E-state index contributed by atoms with van der Waals surface area (Å²) in [6.45, 7) is 3.74. The van der Waals surface area contributed by atoms with E-state index in [0.717, 1.165) is 26.1 Å². The summed E-state index contributed by atoms with van der Waals surface area (Å²) in [7, 11) is 0. The highest BCUT2D eigenvalue weighted by molar-refractivity contribution is 7.71. The summed E-state index contributed by atoms with van der Waals surface area (Å²) in [5, 5.41) is 6.68. The number of hydrogen-bond acceptors (Lipinski definition) is 3. The average molecular weight is 199 g/mol. The van der Waals surface area contributed by atoms with E-state index in [9.17, 15) is 0 Å². The minimum absolute atomic E-state index is 0.0116. The van der Waals surface area contributed by atoms with Crippen LogP contribution in [0.25, 0.3) is 0 Å². The highest BCUT2D eigenvalue weighted by atomic mass is 32.1. The first-order valence-corrected chi connectivity index (χ1v) is 4.83. The topological polar surface area (TPSA) is 42.8 Å². The number of aromatic amines is 1. The molecule has 2 rings (SSSR count). The zero-order valence-corrected chi connectivity index (χ0v) is 8.43.